The minimum absolute atomic E-state index is 0.167. The minimum atomic E-state index is -0.296. The van der Waals surface area contributed by atoms with Gasteiger partial charge in [-0.05, 0) is 43.5 Å². The van der Waals surface area contributed by atoms with E-state index in [9.17, 15) is 4.79 Å². The standard InChI is InChI=1S/C18H18ClNO/c1-12-9-13(2)17(14(3)10-12)20-18(21)16(19)11-15-7-5-4-6-8-15/h4-11H,1-3H3,(H,20,21)/b16-11-. The number of benzene rings is 2. The Morgan fingerprint density at radius 2 is 1.62 bits per heavy atom. The summed E-state index contributed by atoms with van der Waals surface area (Å²) in [5.74, 6) is -0.296. The molecular weight excluding hydrogens is 282 g/mol. The summed E-state index contributed by atoms with van der Waals surface area (Å²) in [6.45, 7) is 5.99. The van der Waals surface area contributed by atoms with Crippen molar-refractivity contribution >= 4 is 29.3 Å². The van der Waals surface area contributed by atoms with E-state index in [2.05, 4.69) is 5.32 Å². The second kappa shape index (κ2) is 6.59. The van der Waals surface area contributed by atoms with Crippen LogP contribution in [0.5, 0.6) is 0 Å². The normalized spacial score (nSPS) is 11.3. The molecule has 1 amide bonds. The molecule has 0 unspecified atom stereocenters. The molecule has 0 aliphatic carbocycles. The number of carbonyl (C=O) groups is 1. The first-order valence-corrected chi connectivity index (χ1v) is 7.16. The van der Waals surface area contributed by atoms with Crippen molar-refractivity contribution in [1.82, 2.24) is 0 Å². The summed E-state index contributed by atoms with van der Waals surface area (Å²) in [7, 11) is 0. The Kier molecular flexibility index (Phi) is 4.81. The third-order valence-corrected chi connectivity index (χ3v) is 3.51. The highest BCUT2D eigenvalue weighted by Crippen LogP contribution is 2.23. The first-order valence-electron chi connectivity index (χ1n) is 6.79. The highest BCUT2D eigenvalue weighted by Gasteiger charge is 2.11. The first kappa shape index (κ1) is 15.3. The van der Waals surface area contributed by atoms with Gasteiger partial charge in [-0.3, -0.25) is 4.79 Å². The lowest BCUT2D eigenvalue weighted by Crippen LogP contribution is -2.13. The predicted molar refractivity (Wildman–Crippen MR) is 89.6 cm³/mol. The molecule has 2 rings (SSSR count). The molecule has 3 heteroatoms. The van der Waals surface area contributed by atoms with Gasteiger partial charge in [-0.2, -0.15) is 0 Å². The first-order chi connectivity index (χ1) is 9.97. The largest absolute Gasteiger partial charge is 0.321 e. The Balaban J connectivity index is 2.21. The van der Waals surface area contributed by atoms with Gasteiger partial charge in [0.05, 0.1) is 0 Å². The van der Waals surface area contributed by atoms with Crippen LogP contribution in [-0.4, -0.2) is 5.91 Å². The van der Waals surface area contributed by atoms with Crippen LogP contribution in [0.4, 0.5) is 5.69 Å². The molecule has 0 saturated heterocycles. The smallest absolute Gasteiger partial charge is 0.267 e. The van der Waals surface area contributed by atoms with Gasteiger partial charge in [0.1, 0.15) is 5.03 Å². The summed E-state index contributed by atoms with van der Waals surface area (Å²) >= 11 is 6.10. The lowest BCUT2D eigenvalue weighted by Gasteiger charge is -2.12. The second-order valence-corrected chi connectivity index (χ2v) is 5.54. The van der Waals surface area contributed by atoms with Crippen molar-refractivity contribution < 1.29 is 4.79 Å². The number of halogens is 1. The molecule has 0 aliphatic heterocycles. The quantitative estimate of drug-likeness (QED) is 0.808. The summed E-state index contributed by atoms with van der Waals surface area (Å²) < 4.78 is 0. The van der Waals surface area contributed by atoms with Crippen LogP contribution in [0.1, 0.15) is 22.3 Å². The fourth-order valence-corrected chi connectivity index (χ4v) is 2.48. The Labute approximate surface area is 130 Å². The topological polar surface area (TPSA) is 29.1 Å². The van der Waals surface area contributed by atoms with Crippen molar-refractivity contribution in [3.8, 4) is 0 Å². The van der Waals surface area contributed by atoms with Crippen molar-refractivity contribution in [1.29, 1.82) is 0 Å². The van der Waals surface area contributed by atoms with E-state index < -0.39 is 0 Å². The van der Waals surface area contributed by atoms with E-state index in [0.29, 0.717) is 0 Å². The molecule has 0 spiro atoms. The van der Waals surface area contributed by atoms with Gasteiger partial charge in [-0.15, -0.1) is 0 Å². The molecule has 0 atom stereocenters. The molecule has 0 heterocycles. The van der Waals surface area contributed by atoms with E-state index in [0.717, 1.165) is 22.4 Å². The summed E-state index contributed by atoms with van der Waals surface area (Å²) in [4.78, 5) is 12.2. The van der Waals surface area contributed by atoms with Crippen LogP contribution >= 0.6 is 11.6 Å². The average Bonchev–Trinajstić information content (AvgIpc) is 2.43. The van der Waals surface area contributed by atoms with E-state index in [-0.39, 0.29) is 10.9 Å². The number of aryl methyl sites for hydroxylation is 3. The van der Waals surface area contributed by atoms with Crippen LogP contribution in [-0.2, 0) is 4.79 Å². The molecule has 0 aromatic heterocycles. The van der Waals surface area contributed by atoms with Crippen LogP contribution in [0.2, 0.25) is 0 Å². The van der Waals surface area contributed by atoms with Crippen LogP contribution in [0, 0.1) is 20.8 Å². The molecule has 0 bridgehead atoms. The lowest BCUT2D eigenvalue weighted by atomic mass is 10.1. The molecule has 108 valence electrons. The number of rotatable bonds is 3. The van der Waals surface area contributed by atoms with Gasteiger partial charge in [-0.25, -0.2) is 0 Å². The molecule has 1 N–H and O–H groups in total. The monoisotopic (exact) mass is 299 g/mol. The van der Waals surface area contributed by atoms with E-state index >= 15 is 0 Å². The molecule has 0 fully saturated rings. The SMILES string of the molecule is Cc1cc(C)c(NC(=O)/C(Cl)=C/c2ccccc2)c(C)c1. The van der Waals surface area contributed by atoms with Gasteiger partial charge < -0.3 is 5.32 Å². The summed E-state index contributed by atoms with van der Waals surface area (Å²) in [6.07, 6.45) is 1.66. The van der Waals surface area contributed by atoms with Gasteiger partial charge in [0.25, 0.3) is 5.91 Å². The molecule has 2 aromatic rings. The third-order valence-electron chi connectivity index (χ3n) is 3.23. The van der Waals surface area contributed by atoms with Gasteiger partial charge in [0.15, 0.2) is 0 Å². The van der Waals surface area contributed by atoms with E-state index in [4.69, 9.17) is 11.6 Å². The number of carbonyl (C=O) groups excluding carboxylic acids is 1. The zero-order valence-corrected chi connectivity index (χ0v) is 13.2. The Bertz CT molecular complexity index is 667. The maximum Gasteiger partial charge on any atom is 0.267 e. The molecule has 21 heavy (non-hydrogen) atoms. The van der Waals surface area contributed by atoms with Crippen molar-refractivity contribution in [3.63, 3.8) is 0 Å². The van der Waals surface area contributed by atoms with Gasteiger partial charge in [0.2, 0.25) is 0 Å². The van der Waals surface area contributed by atoms with Gasteiger partial charge in [-0.1, -0.05) is 59.6 Å². The molecular formula is C18H18ClNO. The minimum Gasteiger partial charge on any atom is -0.321 e. The Hall–Kier alpha value is -2.06. The highest BCUT2D eigenvalue weighted by atomic mass is 35.5. The maximum absolute atomic E-state index is 12.2. The van der Waals surface area contributed by atoms with Crippen molar-refractivity contribution in [2.45, 2.75) is 20.8 Å². The highest BCUT2D eigenvalue weighted by molar-refractivity contribution is 6.45. The van der Waals surface area contributed by atoms with Crippen LogP contribution < -0.4 is 5.32 Å². The predicted octanol–water partition coefficient (Wildman–Crippen LogP) is 4.83. The van der Waals surface area contributed by atoms with E-state index in [1.54, 1.807) is 6.08 Å². The second-order valence-electron chi connectivity index (χ2n) is 5.13. The van der Waals surface area contributed by atoms with Crippen LogP contribution in [0.25, 0.3) is 6.08 Å². The van der Waals surface area contributed by atoms with E-state index in [1.807, 2.05) is 63.2 Å². The fraction of sp³-hybridized carbons (Fsp3) is 0.167. The summed E-state index contributed by atoms with van der Waals surface area (Å²) in [5, 5.41) is 3.05. The molecule has 0 saturated carbocycles. The average molecular weight is 300 g/mol. The summed E-state index contributed by atoms with van der Waals surface area (Å²) in [5.41, 5.74) is 4.96. The van der Waals surface area contributed by atoms with E-state index in [1.165, 1.54) is 5.56 Å². The Morgan fingerprint density at radius 1 is 1.05 bits per heavy atom. The van der Waals surface area contributed by atoms with Crippen molar-refractivity contribution in [2.75, 3.05) is 5.32 Å². The number of hydrogen-bond donors (Lipinski definition) is 1. The zero-order chi connectivity index (χ0) is 15.4. The number of anilines is 1. The summed E-state index contributed by atoms with van der Waals surface area (Å²) in [6, 6.07) is 13.6. The fourth-order valence-electron chi connectivity index (χ4n) is 2.31. The molecule has 2 aromatic carbocycles. The van der Waals surface area contributed by atoms with Crippen molar-refractivity contribution in [3.05, 3.63) is 69.8 Å². The van der Waals surface area contributed by atoms with Gasteiger partial charge in [0, 0.05) is 5.69 Å². The lowest BCUT2D eigenvalue weighted by molar-refractivity contribution is -0.112. The number of nitrogens with one attached hydrogen (secondary N) is 1. The molecule has 0 aliphatic rings. The van der Waals surface area contributed by atoms with Crippen molar-refractivity contribution in [2.24, 2.45) is 0 Å². The van der Waals surface area contributed by atoms with Crippen LogP contribution in [0.15, 0.2) is 47.5 Å². The number of amides is 1. The molecule has 0 radical (unpaired) electrons. The number of hydrogen-bond acceptors (Lipinski definition) is 1. The maximum atomic E-state index is 12.2. The molecule has 2 nitrogen and oxygen atoms in total. The van der Waals surface area contributed by atoms with Crippen LogP contribution in [0.3, 0.4) is 0 Å². The van der Waals surface area contributed by atoms with Gasteiger partial charge >= 0.3 is 0 Å². The Morgan fingerprint density at radius 3 is 2.19 bits per heavy atom. The third kappa shape index (κ3) is 3.96. The zero-order valence-electron chi connectivity index (χ0n) is 12.4.